The average molecular weight is 337 g/mol. The van der Waals surface area contributed by atoms with Crippen LogP contribution < -0.4 is 10.6 Å². The minimum absolute atomic E-state index is 0.351. The number of nitrogens with zero attached hydrogens (tertiary/aromatic N) is 4. The number of nitriles is 1. The van der Waals surface area contributed by atoms with Crippen LogP contribution in [0.15, 0.2) is 48.7 Å². The average Bonchev–Trinajstić information content (AvgIpc) is 2.59. The Bertz CT molecular complexity index is 902. The zero-order valence-corrected chi connectivity index (χ0v) is 13.5. The first-order chi connectivity index (χ1) is 11.6. The molecule has 0 radical (unpaired) electrons. The molecular weight excluding hydrogens is 324 g/mol. The highest BCUT2D eigenvalue weighted by atomic mass is 35.5. The van der Waals surface area contributed by atoms with Crippen LogP contribution >= 0.6 is 11.6 Å². The van der Waals surface area contributed by atoms with Gasteiger partial charge in [-0.25, -0.2) is 0 Å². The highest BCUT2D eigenvalue weighted by Gasteiger charge is 2.05. The molecule has 3 rings (SSSR count). The molecule has 0 unspecified atom stereocenters. The molecule has 3 aromatic rings. The Labute approximate surface area is 144 Å². The van der Waals surface area contributed by atoms with Gasteiger partial charge in [0.05, 0.1) is 17.8 Å². The largest absolute Gasteiger partial charge is 0.339 e. The monoisotopic (exact) mass is 336 g/mol. The van der Waals surface area contributed by atoms with E-state index in [4.69, 9.17) is 16.9 Å². The van der Waals surface area contributed by atoms with E-state index in [1.54, 1.807) is 24.3 Å². The predicted octanol–water partition coefficient (Wildman–Crippen LogP) is 4.19. The van der Waals surface area contributed by atoms with Gasteiger partial charge in [-0.3, -0.25) is 0 Å². The van der Waals surface area contributed by atoms with Crippen molar-refractivity contribution in [3.8, 4) is 6.07 Å². The predicted molar refractivity (Wildman–Crippen MR) is 93.7 cm³/mol. The summed E-state index contributed by atoms with van der Waals surface area (Å²) in [5.41, 5.74) is 3.25. The number of aromatic nitrogens is 3. The van der Waals surface area contributed by atoms with Crippen molar-refractivity contribution >= 4 is 34.7 Å². The van der Waals surface area contributed by atoms with E-state index < -0.39 is 0 Å². The first kappa shape index (κ1) is 15.7. The minimum atomic E-state index is 0.351. The molecule has 0 saturated carbocycles. The van der Waals surface area contributed by atoms with Gasteiger partial charge >= 0.3 is 0 Å². The number of hydrogen-bond acceptors (Lipinski definition) is 6. The number of rotatable bonds is 4. The third-order valence-corrected chi connectivity index (χ3v) is 3.53. The summed E-state index contributed by atoms with van der Waals surface area (Å²) in [4.78, 5) is 4.37. The SMILES string of the molecule is Cc1ccc(Cl)cc1Nc1cnnc(Nc2ccc(C#N)cc2)n1. The van der Waals surface area contributed by atoms with E-state index in [0.29, 0.717) is 22.4 Å². The summed E-state index contributed by atoms with van der Waals surface area (Å²) in [5, 5.41) is 23.6. The van der Waals surface area contributed by atoms with E-state index in [-0.39, 0.29) is 0 Å². The van der Waals surface area contributed by atoms with Crippen LogP contribution in [0.3, 0.4) is 0 Å². The molecule has 0 atom stereocenters. The number of hydrogen-bond donors (Lipinski definition) is 2. The van der Waals surface area contributed by atoms with E-state index in [9.17, 15) is 0 Å². The Balaban J connectivity index is 1.78. The molecule has 0 amide bonds. The van der Waals surface area contributed by atoms with Crippen LogP contribution in [0.25, 0.3) is 0 Å². The normalized spacial score (nSPS) is 10.0. The van der Waals surface area contributed by atoms with Gasteiger partial charge in [-0.05, 0) is 48.9 Å². The van der Waals surface area contributed by atoms with Crippen LogP contribution in [0.4, 0.5) is 23.1 Å². The Hall–Kier alpha value is -3.17. The van der Waals surface area contributed by atoms with Gasteiger partial charge in [-0.15, -0.1) is 5.10 Å². The number of anilines is 4. The molecule has 0 aliphatic heterocycles. The Morgan fingerprint density at radius 3 is 2.62 bits per heavy atom. The van der Waals surface area contributed by atoms with Gasteiger partial charge in [-0.2, -0.15) is 15.3 Å². The molecule has 0 bridgehead atoms. The third kappa shape index (κ3) is 3.77. The molecular formula is C17H13ClN6. The minimum Gasteiger partial charge on any atom is -0.339 e. The van der Waals surface area contributed by atoms with E-state index in [0.717, 1.165) is 16.9 Å². The Kier molecular flexibility index (Phi) is 4.54. The number of benzene rings is 2. The smallest absolute Gasteiger partial charge is 0.249 e. The molecule has 24 heavy (non-hydrogen) atoms. The molecule has 0 saturated heterocycles. The van der Waals surface area contributed by atoms with Crippen LogP contribution in [-0.4, -0.2) is 15.2 Å². The first-order valence-electron chi connectivity index (χ1n) is 7.14. The van der Waals surface area contributed by atoms with Gasteiger partial charge in [0.2, 0.25) is 5.95 Å². The van der Waals surface area contributed by atoms with E-state index >= 15 is 0 Å². The fourth-order valence-electron chi connectivity index (χ4n) is 2.04. The van der Waals surface area contributed by atoms with Crippen LogP contribution in [0.5, 0.6) is 0 Å². The highest BCUT2D eigenvalue weighted by Crippen LogP contribution is 2.23. The number of nitrogens with one attached hydrogen (secondary N) is 2. The van der Waals surface area contributed by atoms with Gasteiger partial charge in [0.25, 0.3) is 0 Å². The fourth-order valence-corrected chi connectivity index (χ4v) is 2.21. The summed E-state index contributed by atoms with van der Waals surface area (Å²) in [6, 6.07) is 14.6. The lowest BCUT2D eigenvalue weighted by Crippen LogP contribution is -2.03. The summed E-state index contributed by atoms with van der Waals surface area (Å²) < 4.78 is 0. The molecule has 0 spiro atoms. The fraction of sp³-hybridized carbons (Fsp3) is 0.0588. The zero-order chi connectivity index (χ0) is 16.9. The van der Waals surface area contributed by atoms with Gasteiger partial charge in [0.15, 0.2) is 5.82 Å². The van der Waals surface area contributed by atoms with Crippen LogP contribution in [0, 0.1) is 18.3 Å². The second-order valence-electron chi connectivity index (χ2n) is 5.06. The molecule has 0 aliphatic rings. The third-order valence-electron chi connectivity index (χ3n) is 3.29. The maximum absolute atomic E-state index is 8.81. The second kappa shape index (κ2) is 6.94. The van der Waals surface area contributed by atoms with Crippen molar-refractivity contribution in [1.29, 1.82) is 5.26 Å². The van der Waals surface area contributed by atoms with Gasteiger partial charge in [0, 0.05) is 16.4 Å². The van der Waals surface area contributed by atoms with Crippen molar-refractivity contribution < 1.29 is 0 Å². The number of halogens is 1. The van der Waals surface area contributed by atoms with Crippen LogP contribution in [0.2, 0.25) is 5.02 Å². The Morgan fingerprint density at radius 1 is 1.08 bits per heavy atom. The van der Waals surface area contributed by atoms with Crippen molar-refractivity contribution in [2.24, 2.45) is 0 Å². The van der Waals surface area contributed by atoms with Crippen molar-refractivity contribution in [2.45, 2.75) is 6.92 Å². The van der Waals surface area contributed by atoms with Crippen molar-refractivity contribution in [3.63, 3.8) is 0 Å². The quantitative estimate of drug-likeness (QED) is 0.742. The molecule has 2 aromatic carbocycles. The lowest BCUT2D eigenvalue weighted by molar-refractivity contribution is 0.982. The summed E-state index contributed by atoms with van der Waals surface area (Å²) in [5.74, 6) is 0.899. The maximum atomic E-state index is 8.81. The van der Waals surface area contributed by atoms with Crippen LogP contribution in [0.1, 0.15) is 11.1 Å². The topological polar surface area (TPSA) is 86.5 Å². The molecule has 1 heterocycles. The van der Waals surface area contributed by atoms with Crippen molar-refractivity contribution in [2.75, 3.05) is 10.6 Å². The molecule has 2 N–H and O–H groups in total. The van der Waals surface area contributed by atoms with Gasteiger partial charge in [-0.1, -0.05) is 17.7 Å². The standard InChI is InChI=1S/C17H13ClN6/c1-11-2-5-13(18)8-15(11)22-16-10-20-24-17(23-16)21-14-6-3-12(9-19)4-7-14/h2-8,10H,1H3,(H2,21,22,23,24). The van der Waals surface area contributed by atoms with Crippen LogP contribution in [-0.2, 0) is 0 Å². The van der Waals surface area contributed by atoms with Gasteiger partial charge in [0.1, 0.15) is 0 Å². The van der Waals surface area contributed by atoms with Gasteiger partial charge < -0.3 is 10.6 Å². The second-order valence-corrected chi connectivity index (χ2v) is 5.50. The maximum Gasteiger partial charge on any atom is 0.249 e. The molecule has 7 heteroatoms. The molecule has 6 nitrogen and oxygen atoms in total. The Morgan fingerprint density at radius 2 is 1.88 bits per heavy atom. The highest BCUT2D eigenvalue weighted by molar-refractivity contribution is 6.30. The molecule has 0 aliphatic carbocycles. The summed E-state index contributed by atoms with van der Waals surface area (Å²) in [6.07, 6.45) is 1.53. The van der Waals surface area contributed by atoms with E-state index in [1.807, 2.05) is 25.1 Å². The zero-order valence-electron chi connectivity index (χ0n) is 12.8. The summed E-state index contributed by atoms with van der Waals surface area (Å²) in [7, 11) is 0. The van der Waals surface area contributed by atoms with Crippen molar-refractivity contribution in [1.82, 2.24) is 15.2 Å². The summed E-state index contributed by atoms with van der Waals surface area (Å²) >= 11 is 6.02. The number of aryl methyl sites for hydroxylation is 1. The molecule has 1 aromatic heterocycles. The van der Waals surface area contributed by atoms with E-state index in [2.05, 4.69) is 31.9 Å². The summed E-state index contributed by atoms with van der Waals surface area (Å²) in [6.45, 7) is 1.98. The lowest BCUT2D eigenvalue weighted by atomic mass is 10.2. The lowest BCUT2D eigenvalue weighted by Gasteiger charge is -2.10. The molecule has 118 valence electrons. The molecule has 0 fully saturated rings. The first-order valence-corrected chi connectivity index (χ1v) is 7.52. The van der Waals surface area contributed by atoms with E-state index in [1.165, 1.54) is 6.20 Å². The van der Waals surface area contributed by atoms with Crippen molar-refractivity contribution in [3.05, 3.63) is 64.8 Å².